The average molecular weight is 277 g/mol. The van der Waals surface area contributed by atoms with Gasteiger partial charge in [0.25, 0.3) is 0 Å². The van der Waals surface area contributed by atoms with E-state index in [1.165, 1.54) is 0 Å². The molecule has 0 aliphatic carbocycles. The Labute approximate surface area is 99.0 Å². The topological polar surface area (TPSA) is 12.9 Å². The van der Waals surface area contributed by atoms with Gasteiger partial charge in [0, 0.05) is 21.7 Å². The van der Waals surface area contributed by atoms with Crippen LogP contribution in [0.3, 0.4) is 0 Å². The number of alkyl halides is 1. The van der Waals surface area contributed by atoms with Crippen molar-refractivity contribution in [2.24, 2.45) is 0 Å². The van der Waals surface area contributed by atoms with Crippen molar-refractivity contribution < 1.29 is 0 Å². The van der Waals surface area contributed by atoms with Crippen LogP contribution in [0.25, 0.3) is 0 Å². The molecule has 0 radical (unpaired) electrons. The first-order valence-electron chi connectivity index (χ1n) is 4.97. The first kappa shape index (κ1) is 12.0. The molecule has 0 aromatic carbocycles. The Morgan fingerprint density at radius 2 is 2.21 bits per heavy atom. The molecule has 3 heteroatoms. The maximum absolute atomic E-state index is 6.13. The van der Waals surface area contributed by atoms with Gasteiger partial charge in [-0.3, -0.25) is 4.98 Å². The Balaban J connectivity index is 2.34. The van der Waals surface area contributed by atoms with Crippen LogP contribution in [0.5, 0.6) is 0 Å². The summed E-state index contributed by atoms with van der Waals surface area (Å²) < 4.78 is 1.03. The predicted octanol–water partition coefficient (Wildman–Crippen LogP) is 4.18. The molecular weight excluding hydrogens is 261 g/mol. The maximum atomic E-state index is 6.13. The van der Waals surface area contributed by atoms with Gasteiger partial charge in [-0.15, -0.1) is 11.6 Å². The second kappa shape index (κ2) is 6.41. The second-order valence-electron chi connectivity index (χ2n) is 3.39. The SMILES string of the molecule is CCCC(Cl)CCc1ccc(Br)cn1. The van der Waals surface area contributed by atoms with Crippen LogP contribution in [0.2, 0.25) is 0 Å². The molecule has 1 aromatic rings. The summed E-state index contributed by atoms with van der Waals surface area (Å²) in [6, 6.07) is 4.06. The van der Waals surface area contributed by atoms with Crippen molar-refractivity contribution >= 4 is 27.5 Å². The van der Waals surface area contributed by atoms with Crippen molar-refractivity contribution in [1.29, 1.82) is 0 Å². The van der Waals surface area contributed by atoms with Crippen LogP contribution < -0.4 is 0 Å². The molecule has 14 heavy (non-hydrogen) atoms. The summed E-state index contributed by atoms with van der Waals surface area (Å²) in [6.07, 6.45) is 6.07. The van der Waals surface area contributed by atoms with Crippen molar-refractivity contribution in [1.82, 2.24) is 4.98 Å². The normalized spacial score (nSPS) is 12.8. The third-order valence-corrected chi connectivity index (χ3v) is 3.01. The van der Waals surface area contributed by atoms with E-state index in [1.54, 1.807) is 0 Å². The van der Waals surface area contributed by atoms with Gasteiger partial charge in [-0.2, -0.15) is 0 Å². The number of rotatable bonds is 5. The van der Waals surface area contributed by atoms with E-state index in [-0.39, 0.29) is 0 Å². The van der Waals surface area contributed by atoms with E-state index in [2.05, 4.69) is 27.8 Å². The minimum absolute atomic E-state index is 0.297. The van der Waals surface area contributed by atoms with Crippen LogP contribution >= 0.6 is 27.5 Å². The fourth-order valence-corrected chi connectivity index (χ4v) is 1.88. The predicted molar refractivity (Wildman–Crippen MR) is 64.8 cm³/mol. The van der Waals surface area contributed by atoms with Gasteiger partial charge in [0.05, 0.1) is 0 Å². The Hall–Kier alpha value is -0.0800. The van der Waals surface area contributed by atoms with Crippen LogP contribution in [0, 0.1) is 0 Å². The molecule has 0 aliphatic heterocycles. The molecule has 0 fully saturated rings. The van der Waals surface area contributed by atoms with Crippen molar-refractivity contribution in [3.05, 3.63) is 28.5 Å². The molecule has 1 aromatic heterocycles. The lowest BCUT2D eigenvalue weighted by Crippen LogP contribution is -2.01. The Kier molecular flexibility index (Phi) is 5.49. The van der Waals surface area contributed by atoms with Gasteiger partial charge in [-0.1, -0.05) is 13.3 Å². The summed E-state index contributed by atoms with van der Waals surface area (Å²) in [5, 5.41) is 0.297. The van der Waals surface area contributed by atoms with Gasteiger partial charge >= 0.3 is 0 Å². The largest absolute Gasteiger partial charge is 0.260 e. The minimum Gasteiger partial charge on any atom is -0.260 e. The van der Waals surface area contributed by atoms with Gasteiger partial charge in [0.15, 0.2) is 0 Å². The molecule has 1 heterocycles. The molecule has 0 saturated carbocycles. The number of hydrogen-bond acceptors (Lipinski definition) is 1. The van der Waals surface area contributed by atoms with E-state index in [0.717, 1.165) is 35.8 Å². The van der Waals surface area contributed by atoms with Crippen molar-refractivity contribution in [2.75, 3.05) is 0 Å². The van der Waals surface area contributed by atoms with E-state index in [0.29, 0.717) is 5.38 Å². The summed E-state index contributed by atoms with van der Waals surface area (Å²) in [5.74, 6) is 0. The highest BCUT2D eigenvalue weighted by atomic mass is 79.9. The summed E-state index contributed by atoms with van der Waals surface area (Å²) in [5.41, 5.74) is 1.12. The molecule has 0 N–H and O–H groups in total. The van der Waals surface area contributed by atoms with E-state index in [9.17, 15) is 0 Å². The fraction of sp³-hybridized carbons (Fsp3) is 0.545. The summed E-state index contributed by atoms with van der Waals surface area (Å²) in [4.78, 5) is 4.30. The molecular formula is C11H15BrClN. The number of halogens is 2. The zero-order valence-electron chi connectivity index (χ0n) is 8.34. The molecule has 0 bridgehead atoms. The van der Waals surface area contributed by atoms with Gasteiger partial charge < -0.3 is 0 Å². The molecule has 0 amide bonds. The summed E-state index contributed by atoms with van der Waals surface area (Å²) >= 11 is 9.49. The highest BCUT2D eigenvalue weighted by molar-refractivity contribution is 9.10. The number of nitrogens with zero attached hydrogens (tertiary/aromatic N) is 1. The molecule has 1 rings (SSSR count). The standard InChI is InChI=1S/C11H15BrClN/c1-2-3-10(13)5-7-11-6-4-9(12)8-14-11/h4,6,8,10H,2-3,5,7H2,1H3. The second-order valence-corrected chi connectivity index (χ2v) is 4.93. The van der Waals surface area contributed by atoms with Crippen molar-refractivity contribution in [3.8, 4) is 0 Å². The molecule has 78 valence electrons. The van der Waals surface area contributed by atoms with Gasteiger partial charge in [-0.25, -0.2) is 0 Å². The lowest BCUT2D eigenvalue weighted by Gasteiger charge is -2.06. The highest BCUT2D eigenvalue weighted by Crippen LogP contribution is 2.14. The van der Waals surface area contributed by atoms with E-state index >= 15 is 0 Å². The van der Waals surface area contributed by atoms with Gasteiger partial charge in [0.2, 0.25) is 0 Å². The highest BCUT2D eigenvalue weighted by Gasteiger charge is 2.03. The number of hydrogen-bond donors (Lipinski definition) is 0. The quantitative estimate of drug-likeness (QED) is 0.735. The fourth-order valence-electron chi connectivity index (χ4n) is 1.32. The third-order valence-electron chi connectivity index (χ3n) is 2.10. The van der Waals surface area contributed by atoms with Gasteiger partial charge in [-0.05, 0) is 47.3 Å². The Morgan fingerprint density at radius 3 is 2.79 bits per heavy atom. The van der Waals surface area contributed by atoms with Crippen LogP contribution in [-0.2, 0) is 6.42 Å². The first-order valence-corrected chi connectivity index (χ1v) is 6.19. The van der Waals surface area contributed by atoms with Crippen molar-refractivity contribution in [3.63, 3.8) is 0 Å². The van der Waals surface area contributed by atoms with Crippen LogP contribution in [0.1, 0.15) is 31.9 Å². The molecule has 1 atom stereocenters. The van der Waals surface area contributed by atoms with E-state index in [4.69, 9.17) is 11.6 Å². The molecule has 1 unspecified atom stereocenters. The monoisotopic (exact) mass is 275 g/mol. The van der Waals surface area contributed by atoms with Crippen LogP contribution in [0.4, 0.5) is 0 Å². The first-order chi connectivity index (χ1) is 6.72. The molecule has 1 nitrogen and oxygen atoms in total. The Bertz CT molecular complexity index is 260. The zero-order chi connectivity index (χ0) is 10.4. The third kappa shape index (κ3) is 4.43. The number of pyridine rings is 1. The summed E-state index contributed by atoms with van der Waals surface area (Å²) in [7, 11) is 0. The lowest BCUT2D eigenvalue weighted by atomic mass is 10.1. The molecule has 0 spiro atoms. The zero-order valence-corrected chi connectivity index (χ0v) is 10.7. The molecule has 0 aliphatic rings. The minimum atomic E-state index is 0.297. The van der Waals surface area contributed by atoms with Crippen molar-refractivity contribution in [2.45, 2.75) is 38.0 Å². The smallest absolute Gasteiger partial charge is 0.0413 e. The number of aromatic nitrogens is 1. The lowest BCUT2D eigenvalue weighted by molar-refractivity contribution is 0.669. The summed E-state index contributed by atoms with van der Waals surface area (Å²) in [6.45, 7) is 2.16. The number of aryl methyl sites for hydroxylation is 1. The van der Waals surface area contributed by atoms with Crippen LogP contribution in [-0.4, -0.2) is 10.4 Å². The van der Waals surface area contributed by atoms with E-state index < -0.39 is 0 Å². The molecule has 0 saturated heterocycles. The Morgan fingerprint density at radius 1 is 1.43 bits per heavy atom. The van der Waals surface area contributed by atoms with Crippen LogP contribution in [0.15, 0.2) is 22.8 Å². The average Bonchev–Trinajstić information content (AvgIpc) is 2.17. The maximum Gasteiger partial charge on any atom is 0.0413 e. The van der Waals surface area contributed by atoms with E-state index in [1.807, 2.05) is 18.3 Å². The van der Waals surface area contributed by atoms with Gasteiger partial charge in [0.1, 0.15) is 0 Å².